The summed E-state index contributed by atoms with van der Waals surface area (Å²) < 4.78 is 0. The van der Waals surface area contributed by atoms with Crippen LogP contribution in [0.25, 0.3) is 0 Å². The van der Waals surface area contributed by atoms with Gasteiger partial charge in [0.05, 0.1) is 0 Å². The topological polar surface area (TPSA) is 6.48 Å². The maximum atomic E-state index is 2.77. The van der Waals surface area contributed by atoms with Gasteiger partial charge in [0, 0.05) is 25.7 Å². The van der Waals surface area contributed by atoms with E-state index in [1.54, 1.807) is 0 Å². The van der Waals surface area contributed by atoms with Crippen LogP contribution in [0.1, 0.15) is 29.5 Å². The number of likely N-dealkylation sites (tertiary alicyclic amines) is 1. The van der Waals surface area contributed by atoms with Crippen LogP contribution in [-0.2, 0) is 19.3 Å². The largest absolute Gasteiger partial charge is 0.303 e. The third-order valence-electron chi connectivity index (χ3n) is 6.69. The number of piperidine rings is 1. The van der Waals surface area contributed by atoms with E-state index in [0.717, 1.165) is 32.4 Å². The number of hydrogen-bond acceptors (Lipinski definition) is 2. The number of benzene rings is 3. The molecule has 0 aromatic heterocycles. The smallest absolute Gasteiger partial charge is 0.0120 e. The zero-order valence-electron chi connectivity index (χ0n) is 18.7. The lowest BCUT2D eigenvalue weighted by Crippen LogP contribution is -2.46. The molecule has 0 saturated carbocycles. The second-order valence-electron chi connectivity index (χ2n) is 8.82. The van der Waals surface area contributed by atoms with Crippen molar-refractivity contribution in [2.45, 2.75) is 38.1 Å². The summed E-state index contributed by atoms with van der Waals surface area (Å²) in [5.41, 5.74) is 4.36. The summed E-state index contributed by atoms with van der Waals surface area (Å²) in [4.78, 5) is 5.44. The molecule has 3 aromatic rings. The van der Waals surface area contributed by atoms with E-state index in [1.807, 2.05) is 0 Å². The Morgan fingerprint density at radius 3 is 1.45 bits per heavy atom. The quantitative estimate of drug-likeness (QED) is 0.435. The zero-order chi connectivity index (χ0) is 21.1. The van der Waals surface area contributed by atoms with Crippen LogP contribution in [-0.4, -0.2) is 48.6 Å². The standard InChI is InChI=1S/C29H36N2/c1-4-10-26(11-5-1)16-21-30-22-19-29(20-23-30)31(24-17-27-12-6-2-7-13-27)25-18-28-14-8-3-9-15-28/h1-15,29H,16-25H2. The highest BCUT2D eigenvalue weighted by Gasteiger charge is 2.24. The fourth-order valence-corrected chi connectivity index (χ4v) is 4.75. The second kappa shape index (κ2) is 11.8. The van der Waals surface area contributed by atoms with Gasteiger partial charge in [-0.2, -0.15) is 0 Å². The summed E-state index contributed by atoms with van der Waals surface area (Å²) >= 11 is 0. The molecule has 1 fully saturated rings. The Labute approximate surface area is 188 Å². The molecule has 4 rings (SSSR count). The number of hydrogen-bond donors (Lipinski definition) is 0. The van der Waals surface area contributed by atoms with Crippen LogP contribution in [0.2, 0.25) is 0 Å². The van der Waals surface area contributed by atoms with E-state index in [9.17, 15) is 0 Å². The summed E-state index contributed by atoms with van der Waals surface area (Å²) in [5.74, 6) is 0. The minimum absolute atomic E-state index is 0.709. The van der Waals surface area contributed by atoms with E-state index in [-0.39, 0.29) is 0 Å². The molecule has 2 heteroatoms. The highest BCUT2D eigenvalue weighted by atomic mass is 15.2. The molecule has 1 saturated heterocycles. The summed E-state index contributed by atoms with van der Waals surface area (Å²) in [6.07, 6.45) is 6.03. The molecule has 0 amide bonds. The molecule has 0 bridgehead atoms. The van der Waals surface area contributed by atoms with Gasteiger partial charge in [0.2, 0.25) is 0 Å². The monoisotopic (exact) mass is 412 g/mol. The van der Waals surface area contributed by atoms with Crippen molar-refractivity contribution in [3.63, 3.8) is 0 Å². The van der Waals surface area contributed by atoms with Gasteiger partial charge in [-0.05, 0) is 61.9 Å². The minimum Gasteiger partial charge on any atom is -0.303 e. The van der Waals surface area contributed by atoms with Crippen LogP contribution in [0.5, 0.6) is 0 Å². The normalized spacial score (nSPS) is 15.4. The predicted molar refractivity (Wildman–Crippen MR) is 131 cm³/mol. The van der Waals surface area contributed by atoms with E-state index < -0.39 is 0 Å². The Morgan fingerprint density at radius 1 is 0.581 bits per heavy atom. The van der Waals surface area contributed by atoms with Gasteiger partial charge in [-0.15, -0.1) is 0 Å². The average Bonchev–Trinajstić information content (AvgIpc) is 2.85. The first-order valence-electron chi connectivity index (χ1n) is 11.9. The highest BCUT2D eigenvalue weighted by Crippen LogP contribution is 2.19. The molecule has 0 atom stereocenters. The first kappa shape index (κ1) is 21.8. The lowest BCUT2D eigenvalue weighted by atomic mass is 10.0. The fraction of sp³-hybridized carbons (Fsp3) is 0.379. The van der Waals surface area contributed by atoms with E-state index in [0.29, 0.717) is 6.04 Å². The molecule has 0 radical (unpaired) electrons. The molecule has 31 heavy (non-hydrogen) atoms. The van der Waals surface area contributed by atoms with Gasteiger partial charge in [0.15, 0.2) is 0 Å². The third kappa shape index (κ3) is 7.05. The maximum Gasteiger partial charge on any atom is 0.0120 e. The Hall–Kier alpha value is -2.42. The zero-order valence-corrected chi connectivity index (χ0v) is 18.7. The van der Waals surface area contributed by atoms with E-state index in [2.05, 4.69) is 101 Å². The van der Waals surface area contributed by atoms with Crippen LogP contribution < -0.4 is 0 Å². The van der Waals surface area contributed by atoms with E-state index in [1.165, 1.54) is 49.2 Å². The van der Waals surface area contributed by atoms with Crippen molar-refractivity contribution in [1.82, 2.24) is 9.80 Å². The predicted octanol–water partition coefficient (Wildman–Crippen LogP) is 5.48. The Kier molecular flexibility index (Phi) is 8.32. The van der Waals surface area contributed by atoms with Crippen molar-refractivity contribution >= 4 is 0 Å². The average molecular weight is 413 g/mol. The van der Waals surface area contributed by atoms with E-state index >= 15 is 0 Å². The highest BCUT2D eigenvalue weighted by molar-refractivity contribution is 5.17. The van der Waals surface area contributed by atoms with Gasteiger partial charge in [0.25, 0.3) is 0 Å². The van der Waals surface area contributed by atoms with Gasteiger partial charge in [0.1, 0.15) is 0 Å². The maximum absolute atomic E-state index is 2.77. The van der Waals surface area contributed by atoms with Gasteiger partial charge in [-0.1, -0.05) is 91.0 Å². The summed E-state index contributed by atoms with van der Waals surface area (Å²) in [5, 5.41) is 0. The summed E-state index contributed by atoms with van der Waals surface area (Å²) in [6.45, 7) is 5.96. The number of nitrogens with zero attached hydrogens (tertiary/aromatic N) is 2. The van der Waals surface area contributed by atoms with Gasteiger partial charge >= 0.3 is 0 Å². The van der Waals surface area contributed by atoms with Crippen molar-refractivity contribution in [3.05, 3.63) is 108 Å². The second-order valence-corrected chi connectivity index (χ2v) is 8.82. The Balaban J connectivity index is 1.30. The van der Waals surface area contributed by atoms with Gasteiger partial charge in [-0.3, -0.25) is 4.90 Å². The van der Waals surface area contributed by atoms with Gasteiger partial charge < -0.3 is 4.90 Å². The van der Waals surface area contributed by atoms with Crippen LogP contribution in [0.15, 0.2) is 91.0 Å². The lowest BCUT2D eigenvalue weighted by Gasteiger charge is -2.39. The summed E-state index contributed by atoms with van der Waals surface area (Å²) in [6, 6.07) is 33.6. The molecule has 1 heterocycles. The molecule has 1 aliphatic heterocycles. The third-order valence-corrected chi connectivity index (χ3v) is 6.69. The fourth-order valence-electron chi connectivity index (χ4n) is 4.75. The van der Waals surface area contributed by atoms with Crippen molar-refractivity contribution in [2.24, 2.45) is 0 Å². The van der Waals surface area contributed by atoms with E-state index in [4.69, 9.17) is 0 Å². The molecule has 0 spiro atoms. The minimum atomic E-state index is 0.709. The molecule has 2 nitrogen and oxygen atoms in total. The van der Waals surface area contributed by atoms with Crippen molar-refractivity contribution in [2.75, 3.05) is 32.7 Å². The summed E-state index contributed by atoms with van der Waals surface area (Å²) in [7, 11) is 0. The first-order chi connectivity index (χ1) is 15.4. The van der Waals surface area contributed by atoms with Gasteiger partial charge in [-0.25, -0.2) is 0 Å². The molecule has 162 valence electrons. The van der Waals surface area contributed by atoms with Crippen molar-refractivity contribution < 1.29 is 0 Å². The van der Waals surface area contributed by atoms with Crippen LogP contribution in [0, 0.1) is 0 Å². The molecule has 3 aromatic carbocycles. The molecular formula is C29H36N2. The Bertz CT molecular complexity index is 812. The molecule has 0 aliphatic carbocycles. The molecule has 0 unspecified atom stereocenters. The van der Waals surface area contributed by atoms with Crippen molar-refractivity contribution in [3.8, 4) is 0 Å². The van der Waals surface area contributed by atoms with Crippen LogP contribution in [0.4, 0.5) is 0 Å². The van der Waals surface area contributed by atoms with Crippen LogP contribution in [0.3, 0.4) is 0 Å². The Morgan fingerprint density at radius 2 is 1.00 bits per heavy atom. The molecular weight excluding hydrogens is 376 g/mol. The SMILES string of the molecule is c1ccc(CCN2CCC(N(CCc3ccccc3)CCc3ccccc3)CC2)cc1. The number of rotatable bonds is 10. The molecule has 0 N–H and O–H groups in total. The molecule has 1 aliphatic rings. The van der Waals surface area contributed by atoms with Crippen LogP contribution >= 0.6 is 0 Å². The van der Waals surface area contributed by atoms with Crippen molar-refractivity contribution in [1.29, 1.82) is 0 Å². The first-order valence-corrected chi connectivity index (χ1v) is 11.9. The lowest BCUT2D eigenvalue weighted by molar-refractivity contribution is 0.110.